The van der Waals surface area contributed by atoms with Crippen molar-refractivity contribution in [2.75, 3.05) is 0 Å². The fourth-order valence-corrected chi connectivity index (χ4v) is 4.33. The van der Waals surface area contributed by atoms with Crippen molar-refractivity contribution in [3.05, 3.63) is 51.0 Å². The molecule has 1 aromatic carbocycles. The van der Waals surface area contributed by atoms with Crippen LogP contribution in [0.25, 0.3) is 17.4 Å². The summed E-state index contributed by atoms with van der Waals surface area (Å²) in [6.45, 7) is 0. The number of furan rings is 1. The van der Waals surface area contributed by atoms with E-state index in [9.17, 15) is 19.5 Å². The van der Waals surface area contributed by atoms with Gasteiger partial charge in [-0.3, -0.25) is 14.5 Å². The van der Waals surface area contributed by atoms with Gasteiger partial charge in [0, 0.05) is 11.6 Å². The largest absolute Gasteiger partial charge is 0.481 e. The minimum absolute atomic E-state index is 0.0421. The highest BCUT2D eigenvalue weighted by Crippen LogP contribution is 2.37. The monoisotopic (exact) mass is 471 g/mol. The highest BCUT2D eigenvalue weighted by Gasteiger charge is 2.41. The molecule has 0 radical (unpaired) electrons. The lowest BCUT2D eigenvalue weighted by Crippen LogP contribution is -2.45. The van der Waals surface area contributed by atoms with Gasteiger partial charge in [0.05, 0.1) is 21.4 Å². The van der Waals surface area contributed by atoms with Gasteiger partial charge in [0.25, 0.3) is 5.91 Å². The standard InChI is InChI=1S/C18H11Cl2NO6S2/c19-10-3-1-2-9(15(10)20)12-5-4-8(27-12)6-13-16(24)21(18(28)29-13)11(17(25)26)7-14(22)23/h1-6,11H,7H2,(H,22,23)(H,25,26)/b13-6-. The van der Waals surface area contributed by atoms with Crippen LogP contribution in [-0.4, -0.2) is 43.3 Å². The van der Waals surface area contributed by atoms with E-state index in [0.29, 0.717) is 27.1 Å². The topological polar surface area (TPSA) is 108 Å². The number of carboxylic acid groups (broad SMARTS) is 2. The molecule has 1 aliphatic rings. The Labute approximate surface area is 183 Å². The first-order chi connectivity index (χ1) is 13.7. The molecule has 0 spiro atoms. The number of thioether (sulfide) groups is 1. The summed E-state index contributed by atoms with van der Waals surface area (Å²) in [5.41, 5.74) is 0.568. The van der Waals surface area contributed by atoms with E-state index in [4.69, 9.17) is 44.9 Å². The number of carbonyl (C=O) groups is 3. The molecule has 3 rings (SSSR count). The minimum atomic E-state index is -1.59. The van der Waals surface area contributed by atoms with Crippen LogP contribution in [0, 0.1) is 0 Å². The first-order valence-electron chi connectivity index (χ1n) is 7.95. The zero-order chi connectivity index (χ0) is 21.3. The van der Waals surface area contributed by atoms with Crippen molar-refractivity contribution in [1.82, 2.24) is 4.90 Å². The number of aliphatic carboxylic acids is 2. The number of benzene rings is 1. The smallest absolute Gasteiger partial charge is 0.327 e. The van der Waals surface area contributed by atoms with E-state index in [0.717, 1.165) is 16.7 Å². The lowest BCUT2D eigenvalue weighted by Gasteiger charge is -2.21. The van der Waals surface area contributed by atoms with Gasteiger partial charge < -0.3 is 14.6 Å². The van der Waals surface area contributed by atoms with Gasteiger partial charge in [-0.15, -0.1) is 0 Å². The summed E-state index contributed by atoms with van der Waals surface area (Å²) in [5, 5.41) is 18.9. The Balaban J connectivity index is 1.88. The van der Waals surface area contributed by atoms with Gasteiger partial charge in [0.2, 0.25) is 0 Å². The molecule has 150 valence electrons. The fraction of sp³-hybridized carbons (Fsp3) is 0.111. The molecule has 1 atom stereocenters. The average molecular weight is 472 g/mol. The Morgan fingerprint density at radius 3 is 2.62 bits per heavy atom. The van der Waals surface area contributed by atoms with Crippen LogP contribution in [0.3, 0.4) is 0 Å². The third kappa shape index (κ3) is 4.48. The van der Waals surface area contributed by atoms with Gasteiger partial charge in [0.15, 0.2) is 0 Å². The molecule has 1 fully saturated rings. The van der Waals surface area contributed by atoms with Gasteiger partial charge in [-0.1, -0.05) is 53.2 Å². The van der Waals surface area contributed by atoms with Crippen molar-refractivity contribution < 1.29 is 29.0 Å². The van der Waals surface area contributed by atoms with Crippen LogP contribution >= 0.6 is 47.2 Å². The van der Waals surface area contributed by atoms with Crippen molar-refractivity contribution >= 4 is 75.4 Å². The maximum atomic E-state index is 12.6. The van der Waals surface area contributed by atoms with Gasteiger partial charge in [0.1, 0.15) is 21.9 Å². The molecule has 11 heteroatoms. The molecule has 29 heavy (non-hydrogen) atoms. The summed E-state index contributed by atoms with van der Waals surface area (Å²) >= 11 is 18.1. The lowest BCUT2D eigenvalue weighted by molar-refractivity contribution is -0.150. The zero-order valence-corrected chi connectivity index (χ0v) is 17.4. The van der Waals surface area contributed by atoms with Gasteiger partial charge >= 0.3 is 11.9 Å². The normalized spacial score (nSPS) is 16.5. The minimum Gasteiger partial charge on any atom is -0.481 e. The van der Waals surface area contributed by atoms with Crippen molar-refractivity contribution in [3.8, 4) is 11.3 Å². The van der Waals surface area contributed by atoms with Crippen LogP contribution in [0.15, 0.2) is 39.7 Å². The van der Waals surface area contributed by atoms with Crippen LogP contribution in [0.1, 0.15) is 12.2 Å². The SMILES string of the molecule is O=C(O)CC(C(=O)O)N1C(=O)/C(=C/c2ccc(-c3cccc(Cl)c3Cl)o2)SC1=S. The highest BCUT2D eigenvalue weighted by molar-refractivity contribution is 8.26. The summed E-state index contributed by atoms with van der Waals surface area (Å²) in [7, 11) is 0. The first-order valence-corrected chi connectivity index (χ1v) is 9.93. The number of hydrogen-bond donors (Lipinski definition) is 2. The van der Waals surface area contributed by atoms with Gasteiger partial charge in [-0.25, -0.2) is 4.79 Å². The Morgan fingerprint density at radius 2 is 1.97 bits per heavy atom. The van der Waals surface area contributed by atoms with Gasteiger partial charge in [-0.05, 0) is 24.3 Å². The Hall–Kier alpha value is -2.33. The number of carbonyl (C=O) groups excluding carboxylic acids is 1. The fourth-order valence-electron chi connectivity index (χ4n) is 2.60. The molecule has 2 heterocycles. The molecule has 0 saturated carbocycles. The Kier molecular flexibility index (Phi) is 6.33. The molecule has 7 nitrogen and oxygen atoms in total. The molecular weight excluding hydrogens is 461 g/mol. The van der Waals surface area contributed by atoms with E-state index >= 15 is 0 Å². The van der Waals surface area contributed by atoms with E-state index < -0.39 is 30.3 Å². The van der Waals surface area contributed by atoms with Crippen LogP contribution < -0.4 is 0 Å². The summed E-state index contributed by atoms with van der Waals surface area (Å²) in [4.78, 5) is 35.9. The van der Waals surface area contributed by atoms with Crippen LogP contribution in [0.5, 0.6) is 0 Å². The number of rotatable bonds is 6. The van der Waals surface area contributed by atoms with E-state index in [1.807, 2.05) is 0 Å². The quantitative estimate of drug-likeness (QED) is 0.471. The van der Waals surface area contributed by atoms with Crippen molar-refractivity contribution in [2.24, 2.45) is 0 Å². The van der Waals surface area contributed by atoms with E-state index in [1.165, 1.54) is 6.08 Å². The van der Waals surface area contributed by atoms with Crippen LogP contribution in [-0.2, 0) is 14.4 Å². The van der Waals surface area contributed by atoms with Crippen LogP contribution in [0.4, 0.5) is 0 Å². The predicted molar refractivity (Wildman–Crippen MR) is 113 cm³/mol. The molecule has 1 saturated heterocycles. The molecule has 2 aromatic rings. The Morgan fingerprint density at radius 1 is 1.24 bits per heavy atom. The number of carboxylic acids is 2. The number of nitrogens with zero attached hydrogens (tertiary/aromatic N) is 1. The van der Waals surface area contributed by atoms with Crippen LogP contribution in [0.2, 0.25) is 10.0 Å². The molecule has 0 bridgehead atoms. The van der Waals surface area contributed by atoms with E-state index in [2.05, 4.69) is 0 Å². The maximum absolute atomic E-state index is 12.6. The number of halogens is 2. The second kappa shape index (κ2) is 8.58. The van der Waals surface area contributed by atoms with Gasteiger partial charge in [-0.2, -0.15) is 0 Å². The van der Waals surface area contributed by atoms with Crippen molar-refractivity contribution in [3.63, 3.8) is 0 Å². The summed E-state index contributed by atoms with van der Waals surface area (Å²) in [6, 6.07) is 6.73. The molecule has 2 N–H and O–H groups in total. The number of thiocarbonyl (C=S) groups is 1. The van der Waals surface area contributed by atoms with E-state index in [-0.39, 0.29) is 9.23 Å². The summed E-state index contributed by atoms with van der Waals surface area (Å²) < 4.78 is 5.66. The highest BCUT2D eigenvalue weighted by atomic mass is 35.5. The average Bonchev–Trinajstić information content (AvgIpc) is 3.20. The van der Waals surface area contributed by atoms with E-state index in [1.54, 1.807) is 30.3 Å². The molecule has 1 aromatic heterocycles. The maximum Gasteiger partial charge on any atom is 0.327 e. The van der Waals surface area contributed by atoms with Crippen molar-refractivity contribution in [1.29, 1.82) is 0 Å². The molecule has 0 aliphatic carbocycles. The predicted octanol–water partition coefficient (Wildman–Crippen LogP) is 4.38. The summed E-state index contributed by atoms with van der Waals surface area (Å²) in [6.07, 6.45) is 0.633. The molecular formula is C18H11Cl2NO6S2. The third-order valence-corrected chi connectivity index (χ3v) is 6.05. The zero-order valence-electron chi connectivity index (χ0n) is 14.3. The number of amides is 1. The first kappa shape index (κ1) is 21.4. The Bertz CT molecular complexity index is 1060. The molecule has 1 aliphatic heterocycles. The second-order valence-electron chi connectivity index (χ2n) is 5.81. The second-order valence-corrected chi connectivity index (χ2v) is 8.27. The summed E-state index contributed by atoms with van der Waals surface area (Å²) in [5.74, 6) is -2.78. The third-order valence-electron chi connectivity index (χ3n) is 3.91. The van der Waals surface area contributed by atoms with Crippen molar-refractivity contribution in [2.45, 2.75) is 12.5 Å². The number of hydrogen-bond acceptors (Lipinski definition) is 6. The lowest BCUT2D eigenvalue weighted by atomic mass is 10.2. The molecule has 1 amide bonds. The molecule has 1 unspecified atom stereocenters.